The number of hydrogen-bond donors (Lipinski definition) is 3. The van der Waals surface area contributed by atoms with Gasteiger partial charge in [-0.2, -0.15) is 0 Å². The molecule has 5 N–H and O–H groups in total. The molecule has 0 spiro atoms. The summed E-state index contributed by atoms with van der Waals surface area (Å²) in [5.74, 6) is 6.55. The largest absolute Gasteiger partial charge is 0.496 e. The number of methoxy groups -OCH3 is 1. The van der Waals surface area contributed by atoms with Gasteiger partial charge in [-0.3, -0.25) is 11.3 Å². The van der Waals surface area contributed by atoms with E-state index >= 15 is 0 Å². The lowest BCUT2D eigenvalue weighted by Gasteiger charge is -2.20. The second-order valence-electron chi connectivity index (χ2n) is 4.51. The maximum atomic E-state index is 6.04. The number of ether oxygens (including phenoxy) is 1. The van der Waals surface area contributed by atoms with Gasteiger partial charge in [0.2, 0.25) is 0 Å². The van der Waals surface area contributed by atoms with Gasteiger partial charge in [-0.15, -0.1) is 0 Å². The fourth-order valence-electron chi connectivity index (χ4n) is 2.20. The third-order valence-electron chi connectivity index (χ3n) is 3.24. The lowest BCUT2D eigenvalue weighted by Crippen LogP contribution is -2.30. The molecule has 0 aliphatic heterocycles. The Morgan fingerprint density at radius 3 is 2.70 bits per heavy atom. The second kappa shape index (κ2) is 6.74. The minimum atomic E-state index is -0.0798. The van der Waals surface area contributed by atoms with Crippen molar-refractivity contribution >= 4 is 21.6 Å². The molecule has 0 fully saturated rings. The summed E-state index contributed by atoms with van der Waals surface area (Å²) >= 11 is 3.46. The first-order valence-electron chi connectivity index (χ1n) is 6.28. The van der Waals surface area contributed by atoms with Crippen molar-refractivity contribution in [1.29, 1.82) is 0 Å². The van der Waals surface area contributed by atoms with E-state index in [1.54, 1.807) is 7.11 Å². The zero-order valence-corrected chi connectivity index (χ0v) is 12.9. The molecule has 1 atom stereocenters. The summed E-state index contributed by atoms with van der Waals surface area (Å²) in [7, 11) is 1.66. The van der Waals surface area contributed by atoms with Gasteiger partial charge in [-0.25, -0.2) is 0 Å². The minimum absolute atomic E-state index is 0.0798. The number of hydrogen-bond acceptors (Lipinski definition) is 4. The molecule has 0 aliphatic carbocycles. The molecule has 106 valence electrons. The van der Waals surface area contributed by atoms with Crippen molar-refractivity contribution in [3.8, 4) is 5.75 Å². The Kier molecular flexibility index (Phi) is 5.00. The average Bonchev–Trinajstić information content (AvgIpc) is 2.48. The topological polar surface area (TPSA) is 73.3 Å². The second-order valence-corrected chi connectivity index (χ2v) is 5.42. The van der Waals surface area contributed by atoms with Gasteiger partial charge >= 0.3 is 0 Å². The Morgan fingerprint density at radius 1 is 1.25 bits per heavy atom. The van der Waals surface area contributed by atoms with Crippen LogP contribution < -0.4 is 21.7 Å². The van der Waals surface area contributed by atoms with E-state index in [0.29, 0.717) is 12.1 Å². The van der Waals surface area contributed by atoms with Crippen LogP contribution in [-0.2, 0) is 6.42 Å². The highest BCUT2D eigenvalue weighted by molar-refractivity contribution is 9.10. The van der Waals surface area contributed by atoms with E-state index in [9.17, 15) is 0 Å². The number of halogens is 1. The molecule has 0 bridgehead atoms. The fraction of sp³-hybridized carbons (Fsp3) is 0.200. The smallest absolute Gasteiger partial charge is 0.122 e. The number of nitrogen functional groups attached to an aromatic ring is 1. The Balaban J connectivity index is 2.31. The van der Waals surface area contributed by atoms with Crippen LogP contribution in [0.5, 0.6) is 5.75 Å². The lowest BCUT2D eigenvalue weighted by atomic mass is 9.97. The molecule has 0 saturated carbocycles. The summed E-state index contributed by atoms with van der Waals surface area (Å²) in [6.07, 6.45) is 0.696. The number of rotatable bonds is 5. The molecular formula is C15H18BrN3O. The highest BCUT2D eigenvalue weighted by Crippen LogP contribution is 2.29. The van der Waals surface area contributed by atoms with Gasteiger partial charge in [0.1, 0.15) is 5.75 Å². The predicted molar refractivity (Wildman–Crippen MR) is 85.3 cm³/mol. The average molecular weight is 336 g/mol. The number of benzene rings is 2. The molecule has 0 amide bonds. The number of anilines is 1. The van der Waals surface area contributed by atoms with Crippen LogP contribution >= 0.6 is 15.9 Å². The van der Waals surface area contributed by atoms with E-state index in [0.717, 1.165) is 21.3 Å². The highest BCUT2D eigenvalue weighted by Gasteiger charge is 2.16. The predicted octanol–water partition coefficient (Wildman–Crippen LogP) is 2.79. The molecule has 2 rings (SSSR count). The monoisotopic (exact) mass is 335 g/mol. The van der Waals surface area contributed by atoms with Crippen LogP contribution in [0.1, 0.15) is 17.2 Å². The molecule has 2 aromatic rings. The molecule has 2 aromatic carbocycles. The molecule has 0 heterocycles. The van der Waals surface area contributed by atoms with Gasteiger partial charge in [0, 0.05) is 10.2 Å². The van der Waals surface area contributed by atoms with Gasteiger partial charge in [0.25, 0.3) is 0 Å². The van der Waals surface area contributed by atoms with Crippen molar-refractivity contribution in [2.24, 2.45) is 5.84 Å². The number of nitrogens with two attached hydrogens (primary N) is 2. The van der Waals surface area contributed by atoms with Crippen molar-refractivity contribution < 1.29 is 4.74 Å². The maximum absolute atomic E-state index is 6.04. The molecule has 4 nitrogen and oxygen atoms in total. The lowest BCUT2D eigenvalue weighted by molar-refractivity contribution is 0.405. The molecule has 20 heavy (non-hydrogen) atoms. The first kappa shape index (κ1) is 14.8. The van der Waals surface area contributed by atoms with E-state index in [1.807, 2.05) is 42.5 Å². The van der Waals surface area contributed by atoms with E-state index in [-0.39, 0.29) is 6.04 Å². The zero-order chi connectivity index (χ0) is 14.5. The number of hydrazine groups is 1. The zero-order valence-electron chi connectivity index (χ0n) is 11.3. The van der Waals surface area contributed by atoms with Crippen LogP contribution in [0.25, 0.3) is 0 Å². The standard InChI is InChI=1S/C15H18BrN3O/c1-20-15-5-3-2-4-10(15)8-14(19-18)12-9-11(16)6-7-13(12)17/h2-7,9,14,19H,8,17-18H2,1H3. The minimum Gasteiger partial charge on any atom is -0.496 e. The van der Waals surface area contributed by atoms with Gasteiger partial charge in [0.15, 0.2) is 0 Å². The van der Waals surface area contributed by atoms with E-state index in [1.165, 1.54) is 0 Å². The normalized spacial score (nSPS) is 12.2. The first-order chi connectivity index (χ1) is 9.65. The summed E-state index contributed by atoms with van der Waals surface area (Å²) in [5.41, 5.74) is 11.6. The Labute approximate surface area is 127 Å². The van der Waals surface area contributed by atoms with Crippen LogP contribution in [0.15, 0.2) is 46.9 Å². The molecule has 0 saturated heterocycles. The van der Waals surface area contributed by atoms with Crippen molar-refractivity contribution in [1.82, 2.24) is 5.43 Å². The summed E-state index contributed by atoms with van der Waals surface area (Å²) in [5, 5.41) is 0. The Bertz CT molecular complexity index is 589. The SMILES string of the molecule is COc1ccccc1CC(NN)c1cc(Br)ccc1N. The maximum Gasteiger partial charge on any atom is 0.122 e. The van der Waals surface area contributed by atoms with Crippen LogP contribution in [0.3, 0.4) is 0 Å². The highest BCUT2D eigenvalue weighted by atomic mass is 79.9. The number of nitrogens with one attached hydrogen (secondary N) is 1. The van der Waals surface area contributed by atoms with Gasteiger partial charge in [-0.1, -0.05) is 34.1 Å². The van der Waals surface area contributed by atoms with Crippen molar-refractivity contribution in [3.05, 3.63) is 58.1 Å². The summed E-state index contributed by atoms with van der Waals surface area (Å²) < 4.78 is 6.35. The molecule has 0 radical (unpaired) electrons. The van der Waals surface area contributed by atoms with Crippen molar-refractivity contribution in [3.63, 3.8) is 0 Å². The third kappa shape index (κ3) is 3.30. The van der Waals surface area contributed by atoms with E-state index < -0.39 is 0 Å². The molecular weight excluding hydrogens is 318 g/mol. The van der Waals surface area contributed by atoms with Crippen molar-refractivity contribution in [2.75, 3.05) is 12.8 Å². The third-order valence-corrected chi connectivity index (χ3v) is 3.74. The molecule has 0 aromatic heterocycles. The fourth-order valence-corrected chi connectivity index (χ4v) is 2.58. The van der Waals surface area contributed by atoms with Gasteiger partial charge in [-0.05, 0) is 41.8 Å². The van der Waals surface area contributed by atoms with Crippen LogP contribution in [0.4, 0.5) is 5.69 Å². The molecule has 1 unspecified atom stereocenters. The summed E-state index contributed by atoms with van der Waals surface area (Å²) in [6, 6.07) is 13.6. The van der Waals surface area contributed by atoms with E-state index in [4.69, 9.17) is 16.3 Å². The first-order valence-corrected chi connectivity index (χ1v) is 7.08. The van der Waals surface area contributed by atoms with Gasteiger partial charge in [0.05, 0.1) is 13.2 Å². The van der Waals surface area contributed by atoms with Crippen LogP contribution in [0, 0.1) is 0 Å². The van der Waals surface area contributed by atoms with E-state index in [2.05, 4.69) is 21.4 Å². The quantitative estimate of drug-likeness (QED) is 0.446. The number of para-hydroxylation sites is 1. The Hall–Kier alpha value is -1.56. The molecule has 5 heteroatoms. The Morgan fingerprint density at radius 2 is 2.00 bits per heavy atom. The van der Waals surface area contributed by atoms with Gasteiger partial charge < -0.3 is 10.5 Å². The molecule has 0 aliphatic rings. The van der Waals surface area contributed by atoms with Crippen LogP contribution in [-0.4, -0.2) is 7.11 Å². The van der Waals surface area contributed by atoms with Crippen molar-refractivity contribution in [2.45, 2.75) is 12.5 Å². The van der Waals surface area contributed by atoms with Crippen LogP contribution in [0.2, 0.25) is 0 Å². The summed E-state index contributed by atoms with van der Waals surface area (Å²) in [6.45, 7) is 0. The summed E-state index contributed by atoms with van der Waals surface area (Å²) in [4.78, 5) is 0.